The fourth-order valence-corrected chi connectivity index (χ4v) is 2.67. The molecule has 1 aliphatic heterocycles. The van der Waals surface area contributed by atoms with Crippen molar-refractivity contribution in [2.45, 2.75) is 32.8 Å². The minimum absolute atomic E-state index is 0.104. The molecule has 3 heteroatoms. The average molecular weight is 281 g/mol. The van der Waals surface area contributed by atoms with Crippen LogP contribution in [0.4, 0.5) is 5.69 Å². The molecule has 1 heterocycles. The monoisotopic (exact) mass is 281 g/mol. The van der Waals surface area contributed by atoms with Gasteiger partial charge in [0.05, 0.1) is 5.56 Å². The standard InChI is InChI=1S/C18H19NO2/c1-11-7-4-5-10-16(11)19-18(20)15-9-6-8-14-12(2)13(3)21-17(14)15/h4-10,12-13H,1-3H3,(H,19,20). The Bertz CT molecular complexity index is 693. The predicted octanol–water partition coefficient (Wildman–Crippen LogP) is 4.13. The summed E-state index contributed by atoms with van der Waals surface area (Å²) in [6.07, 6.45) is 0.104. The number of anilines is 1. The Hall–Kier alpha value is -2.29. The lowest BCUT2D eigenvalue weighted by Crippen LogP contribution is -2.15. The molecule has 0 aromatic heterocycles. The molecule has 1 aliphatic rings. The Balaban J connectivity index is 1.92. The lowest BCUT2D eigenvalue weighted by atomic mass is 9.97. The molecule has 108 valence electrons. The van der Waals surface area contributed by atoms with Gasteiger partial charge in [0.25, 0.3) is 5.91 Å². The molecule has 0 radical (unpaired) electrons. The van der Waals surface area contributed by atoms with E-state index in [9.17, 15) is 4.79 Å². The average Bonchev–Trinajstić information content (AvgIpc) is 2.77. The van der Waals surface area contributed by atoms with Crippen molar-refractivity contribution in [1.82, 2.24) is 0 Å². The molecule has 0 fully saturated rings. The molecule has 1 amide bonds. The Morgan fingerprint density at radius 3 is 2.62 bits per heavy atom. The van der Waals surface area contributed by atoms with Crippen molar-refractivity contribution in [2.75, 3.05) is 5.32 Å². The fourth-order valence-electron chi connectivity index (χ4n) is 2.67. The summed E-state index contributed by atoms with van der Waals surface area (Å²) in [6, 6.07) is 13.5. The maximum absolute atomic E-state index is 12.5. The van der Waals surface area contributed by atoms with Gasteiger partial charge in [-0.25, -0.2) is 0 Å². The number of para-hydroxylation sites is 2. The zero-order chi connectivity index (χ0) is 15.0. The number of amides is 1. The van der Waals surface area contributed by atoms with Crippen LogP contribution in [-0.4, -0.2) is 12.0 Å². The molecule has 0 aliphatic carbocycles. The van der Waals surface area contributed by atoms with Gasteiger partial charge in [0.2, 0.25) is 0 Å². The second-order valence-electron chi connectivity index (χ2n) is 5.60. The number of rotatable bonds is 2. The topological polar surface area (TPSA) is 38.3 Å². The van der Waals surface area contributed by atoms with Gasteiger partial charge in [0.1, 0.15) is 11.9 Å². The molecule has 2 atom stereocenters. The van der Waals surface area contributed by atoms with Crippen molar-refractivity contribution < 1.29 is 9.53 Å². The fraction of sp³-hybridized carbons (Fsp3) is 0.278. The van der Waals surface area contributed by atoms with Crippen LogP contribution in [-0.2, 0) is 0 Å². The Morgan fingerprint density at radius 1 is 1.10 bits per heavy atom. The maximum Gasteiger partial charge on any atom is 0.259 e. The van der Waals surface area contributed by atoms with E-state index in [4.69, 9.17) is 4.74 Å². The van der Waals surface area contributed by atoms with Gasteiger partial charge in [-0.2, -0.15) is 0 Å². The highest BCUT2D eigenvalue weighted by Crippen LogP contribution is 2.40. The number of carbonyl (C=O) groups excluding carboxylic acids is 1. The van der Waals surface area contributed by atoms with E-state index in [2.05, 4.69) is 12.2 Å². The van der Waals surface area contributed by atoms with Crippen LogP contribution in [0.25, 0.3) is 0 Å². The van der Waals surface area contributed by atoms with E-state index >= 15 is 0 Å². The molecular weight excluding hydrogens is 262 g/mol. The second-order valence-corrected chi connectivity index (χ2v) is 5.60. The summed E-state index contributed by atoms with van der Waals surface area (Å²) in [5, 5.41) is 2.97. The Labute approximate surface area is 124 Å². The van der Waals surface area contributed by atoms with Gasteiger partial charge < -0.3 is 10.1 Å². The zero-order valence-electron chi connectivity index (χ0n) is 12.5. The number of benzene rings is 2. The minimum atomic E-state index is -0.123. The highest BCUT2D eigenvalue weighted by atomic mass is 16.5. The van der Waals surface area contributed by atoms with Crippen molar-refractivity contribution in [3.8, 4) is 5.75 Å². The number of nitrogens with one attached hydrogen (secondary N) is 1. The van der Waals surface area contributed by atoms with Crippen LogP contribution < -0.4 is 10.1 Å². The minimum Gasteiger partial charge on any atom is -0.489 e. The van der Waals surface area contributed by atoms with Gasteiger partial charge in [-0.05, 0) is 31.5 Å². The summed E-state index contributed by atoms with van der Waals surface area (Å²) >= 11 is 0. The lowest BCUT2D eigenvalue weighted by molar-refractivity contribution is 0.102. The van der Waals surface area contributed by atoms with Crippen LogP contribution in [0.2, 0.25) is 0 Å². The van der Waals surface area contributed by atoms with Crippen molar-refractivity contribution in [3.05, 3.63) is 59.2 Å². The summed E-state index contributed by atoms with van der Waals surface area (Å²) in [5.41, 5.74) is 3.59. The van der Waals surface area contributed by atoms with Gasteiger partial charge in [-0.15, -0.1) is 0 Å². The van der Waals surface area contributed by atoms with Crippen molar-refractivity contribution in [1.29, 1.82) is 0 Å². The second kappa shape index (κ2) is 5.24. The molecule has 2 aromatic rings. The van der Waals surface area contributed by atoms with E-state index in [0.717, 1.165) is 22.6 Å². The van der Waals surface area contributed by atoms with Crippen LogP contribution in [0, 0.1) is 6.92 Å². The highest BCUT2D eigenvalue weighted by Gasteiger charge is 2.31. The van der Waals surface area contributed by atoms with E-state index in [1.807, 2.05) is 56.3 Å². The number of ether oxygens (including phenoxy) is 1. The number of hydrogen-bond acceptors (Lipinski definition) is 2. The molecule has 2 aromatic carbocycles. The van der Waals surface area contributed by atoms with Gasteiger partial charge in [0, 0.05) is 17.2 Å². The van der Waals surface area contributed by atoms with Crippen LogP contribution >= 0.6 is 0 Å². The van der Waals surface area contributed by atoms with Crippen molar-refractivity contribution in [2.24, 2.45) is 0 Å². The molecule has 0 saturated heterocycles. The van der Waals surface area contributed by atoms with Crippen molar-refractivity contribution in [3.63, 3.8) is 0 Å². The summed E-state index contributed by atoms with van der Waals surface area (Å²) in [7, 11) is 0. The molecule has 2 unspecified atom stereocenters. The molecule has 0 spiro atoms. The Kier molecular flexibility index (Phi) is 3.42. The number of carbonyl (C=O) groups is 1. The number of fused-ring (bicyclic) bond motifs is 1. The van der Waals surface area contributed by atoms with Gasteiger partial charge in [-0.3, -0.25) is 4.79 Å². The first-order valence-corrected chi connectivity index (χ1v) is 7.24. The first kappa shape index (κ1) is 13.7. The molecule has 21 heavy (non-hydrogen) atoms. The van der Waals surface area contributed by atoms with Crippen LogP contribution in [0.1, 0.15) is 41.3 Å². The summed E-state index contributed by atoms with van der Waals surface area (Å²) in [5.74, 6) is 0.914. The quantitative estimate of drug-likeness (QED) is 0.898. The SMILES string of the molecule is Cc1ccccc1NC(=O)c1cccc2c1OC(C)C2C. The van der Waals surface area contributed by atoms with Crippen molar-refractivity contribution >= 4 is 11.6 Å². The molecule has 0 saturated carbocycles. The molecular formula is C18H19NO2. The highest BCUT2D eigenvalue weighted by molar-refractivity contribution is 6.07. The van der Waals surface area contributed by atoms with E-state index in [1.54, 1.807) is 0 Å². The van der Waals surface area contributed by atoms with Crippen LogP contribution in [0.15, 0.2) is 42.5 Å². The molecule has 3 nitrogen and oxygen atoms in total. The first-order chi connectivity index (χ1) is 10.1. The third-order valence-corrected chi connectivity index (χ3v) is 4.18. The summed E-state index contributed by atoms with van der Waals surface area (Å²) in [6.45, 7) is 6.14. The zero-order valence-corrected chi connectivity index (χ0v) is 12.5. The normalized spacial score (nSPS) is 19.8. The van der Waals surface area contributed by atoms with Gasteiger partial charge >= 0.3 is 0 Å². The van der Waals surface area contributed by atoms with Gasteiger partial charge in [-0.1, -0.05) is 37.3 Å². The van der Waals surface area contributed by atoms with E-state index in [0.29, 0.717) is 11.5 Å². The molecule has 3 rings (SSSR count). The molecule has 1 N–H and O–H groups in total. The predicted molar refractivity (Wildman–Crippen MR) is 84.1 cm³/mol. The first-order valence-electron chi connectivity index (χ1n) is 7.24. The Morgan fingerprint density at radius 2 is 1.86 bits per heavy atom. The third-order valence-electron chi connectivity index (χ3n) is 4.18. The largest absolute Gasteiger partial charge is 0.489 e. The van der Waals surface area contributed by atoms with Crippen LogP contribution in [0.3, 0.4) is 0 Å². The number of aryl methyl sites for hydroxylation is 1. The third kappa shape index (κ3) is 2.40. The number of hydrogen-bond donors (Lipinski definition) is 1. The summed E-state index contributed by atoms with van der Waals surface area (Å²) < 4.78 is 5.88. The maximum atomic E-state index is 12.5. The summed E-state index contributed by atoms with van der Waals surface area (Å²) in [4.78, 5) is 12.5. The van der Waals surface area contributed by atoms with Crippen LogP contribution in [0.5, 0.6) is 5.75 Å². The van der Waals surface area contributed by atoms with Gasteiger partial charge in [0.15, 0.2) is 0 Å². The molecule has 0 bridgehead atoms. The van der Waals surface area contributed by atoms with E-state index < -0.39 is 0 Å². The smallest absolute Gasteiger partial charge is 0.259 e. The van der Waals surface area contributed by atoms with E-state index in [-0.39, 0.29) is 12.0 Å². The lowest BCUT2D eigenvalue weighted by Gasteiger charge is -2.11. The van der Waals surface area contributed by atoms with E-state index in [1.165, 1.54) is 0 Å².